The zero-order valence-electron chi connectivity index (χ0n) is 16.9. The maximum Gasteiger partial charge on any atom is 0.189 e. The van der Waals surface area contributed by atoms with Crippen LogP contribution in [-0.4, -0.2) is 5.78 Å². The Labute approximate surface area is 171 Å². The highest BCUT2D eigenvalue weighted by Crippen LogP contribution is 2.45. The van der Waals surface area contributed by atoms with E-state index < -0.39 is 0 Å². The van der Waals surface area contributed by atoms with E-state index in [1.54, 1.807) is 12.1 Å². The van der Waals surface area contributed by atoms with Crippen LogP contribution in [0.5, 0.6) is 0 Å². The van der Waals surface area contributed by atoms with Gasteiger partial charge in [0.2, 0.25) is 0 Å². The number of aryl methyl sites for hydroxylation is 2. The summed E-state index contributed by atoms with van der Waals surface area (Å²) < 4.78 is 13.8. The van der Waals surface area contributed by atoms with Gasteiger partial charge in [0.1, 0.15) is 5.82 Å². The van der Waals surface area contributed by atoms with Crippen molar-refractivity contribution >= 4 is 5.78 Å². The first-order valence-corrected chi connectivity index (χ1v) is 10.2. The fourth-order valence-corrected chi connectivity index (χ4v) is 4.35. The van der Waals surface area contributed by atoms with Gasteiger partial charge < -0.3 is 0 Å². The molecule has 0 amide bonds. The summed E-state index contributed by atoms with van der Waals surface area (Å²) in [5.41, 5.74) is 6.11. The van der Waals surface area contributed by atoms with Gasteiger partial charge in [-0.2, -0.15) is 0 Å². The summed E-state index contributed by atoms with van der Waals surface area (Å²) in [6.07, 6.45) is 3.88. The van der Waals surface area contributed by atoms with Gasteiger partial charge in [-0.3, -0.25) is 4.79 Å². The maximum atomic E-state index is 13.8. The van der Waals surface area contributed by atoms with Crippen LogP contribution in [0.4, 0.5) is 4.39 Å². The molecule has 146 valence electrons. The van der Waals surface area contributed by atoms with Gasteiger partial charge in [0.15, 0.2) is 5.78 Å². The molecule has 2 unspecified atom stereocenters. The second-order valence-electron chi connectivity index (χ2n) is 7.82. The monoisotopic (exact) mass is 384 g/mol. The topological polar surface area (TPSA) is 17.1 Å². The van der Waals surface area contributed by atoms with Crippen molar-refractivity contribution in [2.24, 2.45) is 0 Å². The highest BCUT2D eigenvalue weighted by Gasteiger charge is 2.33. The first-order valence-electron chi connectivity index (χ1n) is 10.2. The minimum absolute atomic E-state index is 0.0215. The van der Waals surface area contributed by atoms with Crippen LogP contribution in [0, 0.1) is 12.7 Å². The fraction of sp³-hybridized carbons (Fsp3) is 0.222. The number of allylic oxidation sites excluding steroid dienone is 2. The standard InChI is InChI=1S/C27H25FO/c1-3-19-7-4-5-10-24(19)25-16-22(20-13-11-18(2)12-14-20)17-26(25)27(29)21-8-6-9-23(28)15-21/h4-15,17,22,25H,3,16H2,1-2H3. The van der Waals surface area contributed by atoms with Crippen molar-refractivity contribution < 1.29 is 9.18 Å². The summed E-state index contributed by atoms with van der Waals surface area (Å²) in [6, 6.07) is 22.9. The Kier molecular flexibility index (Phi) is 5.44. The summed E-state index contributed by atoms with van der Waals surface area (Å²) in [4.78, 5) is 13.4. The first kappa shape index (κ1) is 19.3. The quantitative estimate of drug-likeness (QED) is 0.443. The molecule has 4 rings (SSSR count). The molecular formula is C27H25FO. The van der Waals surface area contributed by atoms with Gasteiger partial charge in [0.25, 0.3) is 0 Å². The molecule has 1 nitrogen and oxygen atoms in total. The molecule has 0 radical (unpaired) electrons. The molecule has 0 N–H and O–H groups in total. The van der Waals surface area contributed by atoms with Crippen molar-refractivity contribution in [3.63, 3.8) is 0 Å². The number of hydrogen-bond acceptors (Lipinski definition) is 1. The lowest BCUT2D eigenvalue weighted by Crippen LogP contribution is -2.11. The van der Waals surface area contributed by atoms with E-state index in [9.17, 15) is 9.18 Å². The van der Waals surface area contributed by atoms with E-state index in [-0.39, 0.29) is 23.4 Å². The van der Waals surface area contributed by atoms with Crippen LogP contribution in [0.1, 0.15) is 57.8 Å². The molecule has 2 heteroatoms. The van der Waals surface area contributed by atoms with Gasteiger partial charge in [0.05, 0.1) is 0 Å². The highest BCUT2D eigenvalue weighted by molar-refractivity contribution is 6.10. The minimum Gasteiger partial charge on any atom is -0.289 e. The number of carbonyl (C=O) groups excluding carboxylic acids is 1. The largest absolute Gasteiger partial charge is 0.289 e. The molecule has 3 aromatic rings. The number of halogens is 1. The summed E-state index contributed by atoms with van der Waals surface area (Å²) in [5, 5.41) is 0. The smallest absolute Gasteiger partial charge is 0.189 e. The SMILES string of the molecule is CCc1ccccc1C1CC(c2ccc(C)cc2)C=C1C(=O)c1cccc(F)c1. The number of Topliss-reactive ketones (excluding diaryl/α,β-unsaturated/α-hetero) is 1. The van der Waals surface area contributed by atoms with E-state index in [2.05, 4.69) is 56.3 Å². The molecule has 0 saturated heterocycles. The lowest BCUT2D eigenvalue weighted by molar-refractivity contribution is 0.102. The lowest BCUT2D eigenvalue weighted by atomic mass is 9.84. The summed E-state index contributed by atoms with van der Waals surface area (Å²) in [7, 11) is 0. The maximum absolute atomic E-state index is 13.8. The van der Waals surface area contributed by atoms with Gasteiger partial charge >= 0.3 is 0 Å². The molecule has 1 aliphatic rings. The molecule has 0 fully saturated rings. The van der Waals surface area contributed by atoms with Crippen LogP contribution in [0.15, 0.2) is 84.4 Å². The zero-order valence-corrected chi connectivity index (χ0v) is 16.9. The Hall–Kier alpha value is -3.00. The molecule has 1 aliphatic carbocycles. The van der Waals surface area contributed by atoms with E-state index in [0.717, 1.165) is 18.4 Å². The van der Waals surface area contributed by atoms with Crippen molar-refractivity contribution in [1.29, 1.82) is 0 Å². The summed E-state index contributed by atoms with van der Waals surface area (Å²) >= 11 is 0. The van der Waals surface area contributed by atoms with E-state index in [1.807, 2.05) is 12.1 Å². The summed E-state index contributed by atoms with van der Waals surface area (Å²) in [5.74, 6) is -0.253. The van der Waals surface area contributed by atoms with Crippen LogP contribution in [-0.2, 0) is 6.42 Å². The van der Waals surface area contributed by atoms with E-state index in [4.69, 9.17) is 0 Å². The Balaban J connectivity index is 1.78. The number of rotatable bonds is 5. The zero-order chi connectivity index (χ0) is 20.4. The molecule has 0 spiro atoms. The van der Waals surface area contributed by atoms with Gasteiger partial charge in [-0.15, -0.1) is 0 Å². The number of benzene rings is 3. The number of ketones is 1. The lowest BCUT2D eigenvalue weighted by Gasteiger charge is -2.19. The molecule has 0 bridgehead atoms. The molecule has 0 saturated carbocycles. The van der Waals surface area contributed by atoms with E-state index in [0.29, 0.717) is 5.56 Å². The van der Waals surface area contributed by atoms with Crippen molar-refractivity contribution in [2.45, 2.75) is 38.5 Å². The predicted octanol–water partition coefficient (Wildman–Crippen LogP) is 6.78. The van der Waals surface area contributed by atoms with Crippen molar-refractivity contribution in [2.75, 3.05) is 0 Å². The number of hydrogen-bond donors (Lipinski definition) is 0. The normalized spacial score (nSPS) is 18.5. The van der Waals surface area contributed by atoms with Gasteiger partial charge in [-0.1, -0.05) is 79.2 Å². The van der Waals surface area contributed by atoms with Crippen LogP contribution >= 0.6 is 0 Å². The third-order valence-electron chi connectivity index (χ3n) is 5.91. The Morgan fingerprint density at radius 2 is 1.76 bits per heavy atom. The molecule has 3 aromatic carbocycles. The van der Waals surface area contributed by atoms with E-state index >= 15 is 0 Å². The third-order valence-corrected chi connectivity index (χ3v) is 5.91. The van der Waals surface area contributed by atoms with Crippen molar-refractivity contribution in [1.82, 2.24) is 0 Å². The average Bonchev–Trinajstić information content (AvgIpc) is 3.19. The van der Waals surface area contributed by atoms with Crippen LogP contribution in [0.3, 0.4) is 0 Å². The van der Waals surface area contributed by atoms with Gasteiger partial charge in [-0.25, -0.2) is 4.39 Å². The summed E-state index contributed by atoms with van der Waals surface area (Å²) in [6.45, 7) is 4.22. The van der Waals surface area contributed by atoms with Crippen LogP contribution in [0.2, 0.25) is 0 Å². The second-order valence-corrected chi connectivity index (χ2v) is 7.82. The molecule has 0 heterocycles. The Morgan fingerprint density at radius 1 is 1.00 bits per heavy atom. The van der Waals surface area contributed by atoms with E-state index in [1.165, 1.54) is 34.4 Å². The van der Waals surface area contributed by atoms with Crippen molar-refractivity contribution in [3.8, 4) is 0 Å². The van der Waals surface area contributed by atoms with Crippen LogP contribution in [0.25, 0.3) is 0 Å². The second kappa shape index (κ2) is 8.16. The predicted molar refractivity (Wildman–Crippen MR) is 116 cm³/mol. The van der Waals surface area contributed by atoms with Crippen molar-refractivity contribution in [3.05, 3.63) is 118 Å². The first-order chi connectivity index (χ1) is 14.1. The average molecular weight is 384 g/mol. The highest BCUT2D eigenvalue weighted by atomic mass is 19.1. The fourth-order valence-electron chi connectivity index (χ4n) is 4.35. The Bertz CT molecular complexity index is 1060. The molecule has 0 aromatic heterocycles. The van der Waals surface area contributed by atoms with Crippen LogP contribution < -0.4 is 0 Å². The number of carbonyl (C=O) groups is 1. The third kappa shape index (κ3) is 3.93. The molecule has 0 aliphatic heterocycles. The van der Waals surface area contributed by atoms with Gasteiger partial charge in [-0.05, 0) is 48.6 Å². The van der Waals surface area contributed by atoms with Gasteiger partial charge in [0, 0.05) is 23.0 Å². The molecule has 29 heavy (non-hydrogen) atoms. The molecular weight excluding hydrogens is 359 g/mol. The molecule has 2 atom stereocenters. The Morgan fingerprint density at radius 3 is 2.48 bits per heavy atom. The minimum atomic E-state index is -0.380.